The number of rotatable bonds is 5. The van der Waals surface area contributed by atoms with Crippen LogP contribution >= 0.6 is 0 Å². The molecular formula is C20H34O4. The summed E-state index contributed by atoms with van der Waals surface area (Å²) in [5.41, 5.74) is -0.674. The fourth-order valence-corrected chi connectivity index (χ4v) is 3.97. The van der Waals surface area contributed by atoms with Gasteiger partial charge in [0, 0.05) is 35.9 Å². The predicted octanol–water partition coefficient (Wildman–Crippen LogP) is 3.81. The van der Waals surface area contributed by atoms with E-state index in [0.717, 1.165) is 32.1 Å². The first kappa shape index (κ1) is 19.6. The summed E-state index contributed by atoms with van der Waals surface area (Å²) in [6, 6.07) is 0. The third-order valence-electron chi connectivity index (χ3n) is 5.48. The van der Waals surface area contributed by atoms with Crippen LogP contribution in [0.3, 0.4) is 0 Å². The fourth-order valence-electron chi connectivity index (χ4n) is 3.97. The normalized spacial score (nSPS) is 27.0. The molecular weight excluding hydrogens is 304 g/mol. The van der Waals surface area contributed by atoms with Crippen molar-refractivity contribution < 1.29 is 19.1 Å². The Hall–Kier alpha value is -0.740. The van der Waals surface area contributed by atoms with Crippen molar-refractivity contribution >= 4 is 11.6 Å². The fraction of sp³-hybridized carbons (Fsp3) is 0.900. The van der Waals surface area contributed by atoms with E-state index in [1.165, 1.54) is 0 Å². The number of Topliss-reactive ketones (excluding diaryl/α,β-unsaturated/α-hetero) is 2. The number of carbonyl (C=O) groups excluding carboxylic acids is 2. The van der Waals surface area contributed by atoms with Gasteiger partial charge in [-0.1, -0.05) is 34.6 Å². The molecule has 4 heteroatoms. The van der Waals surface area contributed by atoms with Gasteiger partial charge in [-0.2, -0.15) is 0 Å². The molecule has 138 valence electrons. The maximum Gasteiger partial charge on any atom is 0.143 e. The van der Waals surface area contributed by atoms with Crippen LogP contribution in [0.4, 0.5) is 0 Å². The van der Waals surface area contributed by atoms with Gasteiger partial charge in [0.1, 0.15) is 11.6 Å². The van der Waals surface area contributed by atoms with Crippen LogP contribution in [-0.4, -0.2) is 37.5 Å². The highest BCUT2D eigenvalue weighted by atomic mass is 16.5. The molecule has 0 aromatic heterocycles. The molecule has 0 aromatic carbocycles. The molecule has 0 amide bonds. The molecule has 2 heterocycles. The van der Waals surface area contributed by atoms with Crippen molar-refractivity contribution in [3.05, 3.63) is 0 Å². The summed E-state index contributed by atoms with van der Waals surface area (Å²) < 4.78 is 11.3. The molecule has 2 aliphatic rings. The lowest BCUT2D eigenvalue weighted by Gasteiger charge is -2.36. The zero-order chi connectivity index (χ0) is 18.0. The molecule has 0 aliphatic carbocycles. The lowest BCUT2D eigenvalue weighted by atomic mass is 9.73. The van der Waals surface area contributed by atoms with Gasteiger partial charge in [0.05, 0.1) is 12.7 Å². The van der Waals surface area contributed by atoms with Gasteiger partial charge >= 0.3 is 0 Å². The van der Waals surface area contributed by atoms with Gasteiger partial charge in [0.2, 0.25) is 0 Å². The molecule has 0 spiro atoms. The summed E-state index contributed by atoms with van der Waals surface area (Å²) in [7, 11) is 0. The monoisotopic (exact) mass is 338 g/mol. The first-order chi connectivity index (χ1) is 11.1. The molecule has 24 heavy (non-hydrogen) atoms. The Labute approximate surface area is 146 Å². The van der Waals surface area contributed by atoms with Crippen LogP contribution in [0, 0.1) is 22.7 Å². The van der Waals surface area contributed by atoms with Crippen LogP contribution in [0.2, 0.25) is 0 Å². The van der Waals surface area contributed by atoms with E-state index in [0.29, 0.717) is 31.4 Å². The Bertz CT molecular complexity index is 447. The average molecular weight is 338 g/mol. The Morgan fingerprint density at radius 1 is 0.875 bits per heavy atom. The zero-order valence-electron chi connectivity index (χ0n) is 16.0. The van der Waals surface area contributed by atoms with Gasteiger partial charge in [-0.25, -0.2) is 0 Å². The van der Waals surface area contributed by atoms with E-state index in [-0.39, 0.29) is 28.8 Å². The first-order valence-corrected chi connectivity index (χ1v) is 9.39. The van der Waals surface area contributed by atoms with Crippen molar-refractivity contribution in [2.24, 2.45) is 22.7 Å². The van der Waals surface area contributed by atoms with Gasteiger partial charge in [0.25, 0.3) is 0 Å². The minimum absolute atomic E-state index is 0.00978. The number of carbonyl (C=O) groups is 2. The highest BCUT2D eigenvalue weighted by molar-refractivity contribution is 5.87. The largest absolute Gasteiger partial charge is 0.381 e. The molecule has 0 aromatic rings. The van der Waals surface area contributed by atoms with E-state index < -0.39 is 0 Å². The Morgan fingerprint density at radius 2 is 1.50 bits per heavy atom. The highest BCUT2D eigenvalue weighted by Gasteiger charge is 2.39. The molecule has 2 unspecified atom stereocenters. The van der Waals surface area contributed by atoms with E-state index in [2.05, 4.69) is 0 Å². The summed E-state index contributed by atoms with van der Waals surface area (Å²) in [5.74, 6) is 0.781. The summed E-state index contributed by atoms with van der Waals surface area (Å²) in [4.78, 5) is 25.2. The van der Waals surface area contributed by atoms with E-state index >= 15 is 0 Å². The number of hydrogen-bond acceptors (Lipinski definition) is 4. The van der Waals surface area contributed by atoms with Crippen LogP contribution in [0.25, 0.3) is 0 Å². The van der Waals surface area contributed by atoms with E-state index in [9.17, 15) is 9.59 Å². The third kappa shape index (κ3) is 4.89. The average Bonchev–Trinajstić information content (AvgIpc) is 2.54. The number of hydrogen-bond donors (Lipinski definition) is 0. The zero-order valence-corrected chi connectivity index (χ0v) is 16.0. The molecule has 0 bridgehead atoms. The minimum atomic E-state index is -0.368. The SMILES string of the molecule is CC(C)(C)C(=O)C1CCC(CC(C)(C)C(=O)C2CCOCC2)OC1. The Morgan fingerprint density at radius 3 is 2.00 bits per heavy atom. The Balaban J connectivity index is 1.86. The van der Waals surface area contributed by atoms with Crippen LogP contribution < -0.4 is 0 Å². The molecule has 2 saturated heterocycles. The van der Waals surface area contributed by atoms with Gasteiger partial charge in [-0.05, 0) is 32.1 Å². The van der Waals surface area contributed by atoms with E-state index in [1.54, 1.807) is 0 Å². The van der Waals surface area contributed by atoms with Gasteiger partial charge < -0.3 is 9.47 Å². The van der Waals surface area contributed by atoms with Crippen LogP contribution in [0.5, 0.6) is 0 Å². The number of ether oxygens (including phenoxy) is 2. The van der Waals surface area contributed by atoms with Crippen molar-refractivity contribution in [1.29, 1.82) is 0 Å². The highest BCUT2D eigenvalue weighted by Crippen LogP contribution is 2.36. The maximum absolute atomic E-state index is 12.8. The molecule has 0 radical (unpaired) electrons. The van der Waals surface area contributed by atoms with Crippen LogP contribution in [0.15, 0.2) is 0 Å². The maximum atomic E-state index is 12.8. The van der Waals surface area contributed by atoms with E-state index in [4.69, 9.17) is 9.47 Å². The summed E-state index contributed by atoms with van der Waals surface area (Å²) in [5, 5.41) is 0. The first-order valence-electron chi connectivity index (χ1n) is 9.39. The molecule has 2 fully saturated rings. The molecule has 2 aliphatic heterocycles. The van der Waals surface area contributed by atoms with Crippen molar-refractivity contribution in [2.45, 2.75) is 72.8 Å². The molecule has 0 N–H and O–H groups in total. The van der Waals surface area contributed by atoms with Crippen LogP contribution in [0.1, 0.15) is 66.7 Å². The van der Waals surface area contributed by atoms with Crippen LogP contribution in [-0.2, 0) is 19.1 Å². The molecule has 2 rings (SSSR count). The Kier molecular flexibility index (Phi) is 6.24. The second kappa shape index (κ2) is 7.65. The van der Waals surface area contributed by atoms with Crippen molar-refractivity contribution in [3.8, 4) is 0 Å². The van der Waals surface area contributed by atoms with E-state index in [1.807, 2.05) is 34.6 Å². The summed E-state index contributed by atoms with van der Waals surface area (Å²) in [6.45, 7) is 11.9. The molecule has 4 nitrogen and oxygen atoms in total. The summed E-state index contributed by atoms with van der Waals surface area (Å²) in [6.07, 6.45) is 4.28. The van der Waals surface area contributed by atoms with Crippen molar-refractivity contribution in [2.75, 3.05) is 19.8 Å². The number of ketones is 2. The lowest BCUT2D eigenvalue weighted by molar-refractivity contribution is -0.142. The van der Waals surface area contributed by atoms with Crippen molar-refractivity contribution in [1.82, 2.24) is 0 Å². The lowest BCUT2D eigenvalue weighted by Crippen LogP contribution is -2.41. The predicted molar refractivity (Wildman–Crippen MR) is 93.9 cm³/mol. The quantitative estimate of drug-likeness (QED) is 0.765. The topological polar surface area (TPSA) is 52.6 Å². The van der Waals surface area contributed by atoms with Gasteiger partial charge in [-0.15, -0.1) is 0 Å². The third-order valence-corrected chi connectivity index (χ3v) is 5.48. The molecule has 0 saturated carbocycles. The summed E-state index contributed by atoms with van der Waals surface area (Å²) >= 11 is 0. The second-order valence-corrected chi connectivity index (χ2v) is 9.18. The standard InChI is InChI=1S/C20H34O4/c1-19(2,3)17(21)15-6-7-16(24-13-15)12-20(4,5)18(22)14-8-10-23-11-9-14/h14-16H,6-13H2,1-5H3. The molecule has 2 atom stereocenters. The minimum Gasteiger partial charge on any atom is -0.381 e. The smallest absolute Gasteiger partial charge is 0.143 e. The second-order valence-electron chi connectivity index (χ2n) is 9.18. The van der Waals surface area contributed by atoms with Crippen molar-refractivity contribution in [3.63, 3.8) is 0 Å². The van der Waals surface area contributed by atoms with Gasteiger partial charge in [-0.3, -0.25) is 9.59 Å². The van der Waals surface area contributed by atoms with Gasteiger partial charge in [0.15, 0.2) is 0 Å².